The first kappa shape index (κ1) is 14.7. The van der Waals surface area contributed by atoms with Crippen LogP contribution < -0.4 is 10.6 Å². The maximum atomic E-state index is 11.5. The van der Waals surface area contributed by atoms with Crippen LogP contribution in [0.2, 0.25) is 0 Å². The van der Waals surface area contributed by atoms with E-state index in [-0.39, 0.29) is 11.9 Å². The van der Waals surface area contributed by atoms with Crippen LogP contribution in [-0.4, -0.2) is 29.7 Å². The SMILES string of the molecule is CC(C)NC(=O)C(C)NC(=O)OC(C)(C)C. The monoisotopic (exact) mass is 230 g/mol. The minimum Gasteiger partial charge on any atom is -0.444 e. The first-order chi connectivity index (χ1) is 7.11. The van der Waals surface area contributed by atoms with Gasteiger partial charge in [0.1, 0.15) is 11.6 Å². The number of hydrogen-bond donors (Lipinski definition) is 2. The lowest BCUT2D eigenvalue weighted by Gasteiger charge is -2.22. The molecule has 2 N–H and O–H groups in total. The zero-order valence-corrected chi connectivity index (χ0v) is 10.9. The molecule has 0 aromatic carbocycles. The van der Waals surface area contributed by atoms with Crippen LogP contribution in [-0.2, 0) is 9.53 Å². The number of rotatable bonds is 3. The van der Waals surface area contributed by atoms with E-state index in [1.165, 1.54) is 0 Å². The topological polar surface area (TPSA) is 67.4 Å². The fourth-order valence-corrected chi connectivity index (χ4v) is 0.959. The molecule has 1 unspecified atom stereocenters. The Morgan fingerprint density at radius 1 is 1.06 bits per heavy atom. The van der Waals surface area contributed by atoms with Gasteiger partial charge in [-0.3, -0.25) is 4.79 Å². The van der Waals surface area contributed by atoms with Crippen molar-refractivity contribution in [2.75, 3.05) is 0 Å². The number of nitrogens with one attached hydrogen (secondary N) is 2. The summed E-state index contributed by atoms with van der Waals surface area (Å²) in [6, 6.07) is -0.548. The first-order valence-electron chi connectivity index (χ1n) is 5.41. The van der Waals surface area contributed by atoms with Crippen LogP contribution in [0.3, 0.4) is 0 Å². The van der Waals surface area contributed by atoms with E-state index in [0.717, 1.165) is 0 Å². The Balaban J connectivity index is 4.09. The molecule has 94 valence electrons. The Kier molecular flexibility index (Phi) is 5.27. The van der Waals surface area contributed by atoms with E-state index < -0.39 is 17.7 Å². The Morgan fingerprint density at radius 2 is 1.56 bits per heavy atom. The standard InChI is InChI=1S/C11H22N2O3/c1-7(2)12-9(14)8(3)13-10(15)16-11(4,5)6/h7-8H,1-6H3,(H,12,14)(H,13,15). The maximum Gasteiger partial charge on any atom is 0.408 e. The maximum absolute atomic E-state index is 11.5. The molecule has 2 amide bonds. The highest BCUT2D eigenvalue weighted by molar-refractivity contribution is 5.85. The van der Waals surface area contributed by atoms with Crippen LogP contribution in [0.1, 0.15) is 41.5 Å². The summed E-state index contributed by atoms with van der Waals surface area (Å²) >= 11 is 0. The summed E-state index contributed by atoms with van der Waals surface area (Å²) in [7, 11) is 0. The van der Waals surface area contributed by atoms with Crippen LogP contribution in [0.25, 0.3) is 0 Å². The van der Waals surface area contributed by atoms with Gasteiger partial charge in [0.2, 0.25) is 5.91 Å². The van der Waals surface area contributed by atoms with E-state index in [2.05, 4.69) is 10.6 Å². The van der Waals surface area contributed by atoms with E-state index in [4.69, 9.17) is 4.74 Å². The van der Waals surface area contributed by atoms with Crippen LogP contribution in [0.15, 0.2) is 0 Å². The predicted molar refractivity (Wildman–Crippen MR) is 62.1 cm³/mol. The van der Waals surface area contributed by atoms with Crippen molar-refractivity contribution in [3.8, 4) is 0 Å². The largest absolute Gasteiger partial charge is 0.444 e. The second-order valence-corrected chi connectivity index (χ2v) is 5.03. The first-order valence-corrected chi connectivity index (χ1v) is 5.41. The van der Waals surface area contributed by atoms with Gasteiger partial charge in [0.15, 0.2) is 0 Å². The quantitative estimate of drug-likeness (QED) is 0.770. The lowest BCUT2D eigenvalue weighted by molar-refractivity contribution is -0.123. The molecule has 0 bridgehead atoms. The molecule has 0 heterocycles. The summed E-state index contributed by atoms with van der Waals surface area (Å²) in [5.74, 6) is -0.221. The number of amides is 2. The fourth-order valence-electron chi connectivity index (χ4n) is 0.959. The summed E-state index contributed by atoms with van der Waals surface area (Å²) in [6.45, 7) is 10.6. The molecule has 0 saturated carbocycles. The molecule has 0 aliphatic heterocycles. The highest BCUT2D eigenvalue weighted by atomic mass is 16.6. The number of carbonyl (C=O) groups excluding carboxylic acids is 2. The van der Waals surface area contributed by atoms with E-state index in [1.807, 2.05) is 13.8 Å². The van der Waals surface area contributed by atoms with E-state index in [1.54, 1.807) is 27.7 Å². The van der Waals surface area contributed by atoms with Crippen LogP contribution in [0, 0.1) is 0 Å². The molecular formula is C11H22N2O3. The third-order valence-corrected chi connectivity index (χ3v) is 1.56. The molecule has 0 aliphatic carbocycles. The molecule has 0 radical (unpaired) electrons. The second-order valence-electron chi connectivity index (χ2n) is 5.03. The average Bonchev–Trinajstić information content (AvgIpc) is 1.98. The van der Waals surface area contributed by atoms with Crippen LogP contribution >= 0.6 is 0 Å². The van der Waals surface area contributed by atoms with Gasteiger partial charge < -0.3 is 15.4 Å². The van der Waals surface area contributed by atoms with E-state index in [9.17, 15) is 9.59 Å². The molecule has 5 nitrogen and oxygen atoms in total. The summed E-state index contributed by atoms with van der Waals surface area (Å²) in [5.41, 5.74) is -0.557. The van der Waals surface area contributed by atoms with Gasteiger partial charge in [0.25, 0.3) is 0 Å². The third-order valence-electron chi connectivity index (χ3n) is 1.56. The van der Waals surface area contributed by atoms with Crippen molar-refractivity contribution >= 4 is 12.0 Å². The van der Waals surface area contributed by atoms with Gasteiger partial charge in [-0.2, -0.15) is 0 Å². The highest BCUT2D eigenvalue weighted by Crippen LogP contribution is 2.06. The van der Waals surface area contributed by atoms with Gasteiger partial charge in [-0.15, -0.1) is 0 Å². The number of ether oxygens (including phenoxy) is 1. The lowest BCUT2D eigenvalue weighted by Crippen LogP contribution is -2.48. The third kappa shape index (κ3) is 7.09. The van der Waals surface area contributed by atoms with E-state index >= 15 is 0 Å². The predicted octanol–water partition coefficient (Wildman–Crippen LogP) is 1.42. The molecule has 0 rings (SSSR count). The van der Waals surface area contributed by atoms with Crippen molar-refractivity contribution in [2.45, 2.75) is 59.2 Å². The van der Waals surface area contributed by atoms with Crippen LogP contribution in [0.4, 0.5) is 4.79 Å². The van der Waals surface area contributed by atoms with Crippen LogP contribution in [0.5, 0.6) is 0 Å². The summed E-state index contributed by atoms with van der Waals surface area (Å²) < 4.78 is 5.03. The van der Waals surface area contributed by atoms with Crippen molar-refractivity contribution in [3.05, 3.63) is 0 Å². The molecule has 0 aliphatic rings. The number of carbonyl (C=O) groups is 2. The minimum atomic E-state index is -0.600. The molecule has 0 aromatic rings. The van der Waals surface area contributed by atoms with Crippen molar-refractivity contribution < 1.29 is 14.3 Å². The van der Waals surface area contributed by atoms with Gasteiger partial charge in [0, 0.05) is 6.04 Å². The van der Waals surface area contributed by atoms with E-state index in [0.29, 0.717) is 0 Å². The van der Waals surface area contributed by atoms with Gasteiger partial charge in [-0.05, 0) is 41.5 Å². The lowest BCUT2D eigenvalue weighted by atomic mass is 10.2. The average molecular weight is 230 g/mol. The zero-order valence-electron chi connectivity index (χ0n) is 10.9. The molecule has 0 aromatic heterocycles. The minimum absolute atomic E-state index is 0.0513. The number of alkyl carbamates (subject to hydrolysis) is 1. The summed E-state index contributed by atoms with van der Waals surface area (Å²) in [5, 5.41) is 5.17. The molecule has 1 atom stereocenters. The van der Waals surface area contributed by atoms with Gasteiger partial charge in [0.05, 0.1) is 0 Å². The number of hydrogen-bond acceptors (Lipinski definition) is 3. The van der Waals surface area contributed by atoms with Gasteiger partial charge in [-0.25, -0.2) is 4.79 Å². The smallest absolute Gasteiger partial charge is 0.408 e. The molecule has 0 saturated heterocycles. The molecule has 0 fully saturated rings. The summed E-state index contributed by atoms with van der Waals surface area (Å²) in [6.07, 6.45) is -0.584. The normalized spacial score (nSPS) is 13.2. The summed E-state index contributed by atoms with van der Waals surface area (Å²) in [4.78, 5) is 22.8. The van der Waals surface area contributed by atoms with Crippen molar-refractivity contribution in [3.63, 3.8) is 0 Å². The van der Waals surface area contributed by atoms with Crippen molar-refractivity contribution in [1.29, 1.82) is 0 Å². The fraction of sp³-hybridized carbons (Fsp3) is 0.818. The Morgan fingerprint density at radius 3 is 1.94 bits per heavy atom. The highest BCUT2D eigenvalue weighted by Gasteiger charge is 2.20. The van der Waals surface area contributed by atoms with Crippen molar-refractivity contribution in [2.24, 2.45) is 0 Å². The Bertz CT molecular complexity index is 256. The second kappa shape index (κ2) is 5.72. The zero-order chi connectivity index (χ0) is 12.9. The van der Waals surface area contributed by atoms with Gasteiger partial charge in [-0.1, -0.05) is 0 Å². The molecule has 0 spiro atoms. The molecular weight excluding hydrogens is 208 g/mol. The Labute approximate surface area is 96.9 Å². The Hall–Kier alpha value is -1.26. The molecule has 5 heteroatoms. The van der Waals surface area contributed by atoms with Crippen molar-refractivity contribution in [1.82, 2.24) is 10.6 Å². The molecule has 16 heavy (non-hydrogen) atoms. The van der Waals surface area contributed by atoms with Gasteiger partial charge >= 0.3 is 6.09 Å².